The Kier molecular flexibility index (Phi) is 3.86. The fourth-order valence-electron chi connectivity index (χ4n) is 1.54. The molecule has 0 saturated carbocycles. The molecule has 0 bridgehead atoms. The fraction of sp³-hybridized carbons (Fsp3) is 0.308. The number of aryl methyl sites for hydroxylation is 1. The molecule has 2 rings (SSSR count). The first-order valence-electron chi connectivity index (χ1n) is 5.48. The van der Waals surface area contributed by atoms with Gasteiger partial charge in [-0.15, -0.1) is 0 Å². The van der Waals surface area contributed by atoms with Crippen molar-refractivity contribution in [3.8, 4) is 5.75 Å². The van der Waals surface area contributed by atoms with Crippen molar-refractivity contribution in [3.05, 3.63) is 29.3 Å². The van der Waals surface area contributed by atoms with Gasteiger partial charge < -0.3 is 21.3 Å². The van der Waals surface area contributed by atoms with E-state index in [1.165, 1.54) is 0 Å². The average Bonchev–Trinajstić information content (AvgIpc) is 2.19. The molecule has 1 aliphatic heterocycles. The lowest BCUT2D eigenvalue weighted by Crippen LogP contribution is -2.27. The number of nitrogens with two attached hydrogens (primary N) is 2. The summed E-state index contributed by atoms with van der Waals surface area (Å²) in [4.78, 5) is 8.78. The quantitative estimate of drug-likeness (QED) is 0.615. The van der Waals surface area contributed by atoms with Crippen LogP contribution in [0.25, 0.3) is 6.08 Å². The minimum Gasteiger partial charge on any atom is -0.483 e. The zero-order valence-corrected chi connectivity index (χ0v) is 10.7. The molecule has 1 aliphatic rings. The van der Waals surface area contributed by atoms with E-state index in [9.17, 15) is 0 Å². The lowest BCUT2D eigenvalue weighted by molar-refractivity contribution is 0.159. The van der Waals surface area contributed by atoms with E-state index in [-0.39, 0.29) is 5.60 Å². The summed E-state index contributed by atoms with van der Waals surface area (Å²) in [6.07, 6.45) is 2.78. The first-order chi connectivity index (χ1) is 8.21. The van der Waals surface area contributed by atoms with Crippen LogP contribution in [0.15, 0.2) is 18.2 Å². The largest absolute Gasteiger partial charge is 0.483 e. The maximum absolute atomic E-state index is 8.78. The molecule has 1 amide bonds. The standard InChI is InChI=1S/C12H15NO.CH3NO2/c1-8-6-11-9(7-10(8)13)4-5-12(2,3)14-11;2-1(3)4/h4-7H,13H2,1-3H3;2H2,(H,3,4). The van der Waals surface area contributed by atoms with Crippen LogP contribution in [0.4, 0.5) is 10.5 Å². The van der Waals surface area contributed by atoms with Crippen LogP contribution in [0.5, 0.6) is 5.75 Å². The van der Waals surface area contributed by atoms with Crippen LogP contribution in [-0.2, 0) is 0 Å². The summed E-state index contributed by atoms with van der Waals surface area (Å²) in [5.74, 6) is 0.921. The van der Waals surface area contributed by atoms with Crippen molar-refractivity contribution in [2.75, 3.05) is 5.73 Å². The zero-order chi connectivity index (χ0) is 13.9. The smallest absolute Gasteiger partial charge is 0.402 e. The maximum atomic E-state index is 8.78. The first kappa shape index (κ1) is 13.9. The Morgan fingerprint density at radius 2 is 1.94 bits per heavy atom. The van der Waals surface area contributed by atoms with Crippen molar-refractivity contribution in [1.82, 2.24) is 0 Å². The molecule has 0 aliphatic carbocycles. The van der Waals surface area contributed by atoms with Gasteiger partial charge in [-0.25, -0.2) is 4.79 Å². The minimum atomic E-state index is -1.33. The summed E-state index contributed by atoms with van der Waals surface area (Å²) < 4.78 is 5.81. The highest BCUT2D eigenvalue weighted by molar-refractivity contribution is 5.67. The summed E-state index contributed by atoms with van der Waals surface area (Å²) >= 11 is 0. The molecule has 1 aromatic rings. The first-order valence-corrected chi connectivity index (χ1v) is 5.48. The van der Waals surface area contributed by atoms with E-state index in [4.69, 9.17) is 20.4 Å². The summed E-state index contributed by atoms with van der Waals surface area (Å²) in [5, 5.41) is 7.19. The van der Waals surface area contributed by atoms with Gasteiger partial charge in [0, 0.05) is 11.3 Å². The summed E-state index contributed by atoms with van der Waals surface area (Å²) in [6, 6.07) is 3.95. The maximum Gasteiger partial charge on any atom is 0.402 e. The number of hydrogen-bond donors (Lipinski definition) is 3. The van der Waals surface area contributed by atoms with E-state index in [2.05, 4.69) is 11.8 Å². The number of rotatable bonds is 0. The highest BCUT2D eigenvalue weighted by Gasteiger charge is 2.21. The van der Waals surface area contributed by atoms with E-state index < -0.39 is 6.09 Å². The van der Waals surface area contributed by atoms with Gasteiger partial charge in [-0.2, -0.15) is 0 Å². The monoisotopic (exact) mass is 250 g/mol. The summed E-state index contributed by atoms with van der Waals surface area (Å²) in [5.41, 5.74) is 12.6. The third-order valence-corrected chi connectivity index (χ3v) is 2.44. The lowest BCUT2D eigenvalue weighted by atomic mass is 10.0. The second-order valence-electron chi connectivity index (χ2n) is 4.62. The highest BCUT2D eigenvalue weighted by Crippen LogP contribution is 2.33. The zero-order valence-electron chi connectivity index (χ0n) is 10.7. The normalized spacial score (nSPS) is 14.8. The Labute approximate surface area is 106 Å². The SMILES string of the molecule is Cc1cc2c(cc1N)C=CC(C)(C)O2.NC(=O)O. The van der Waals surface area contributed by atoms with Gasteiger partial charge in [-0.05, 0) is 44.5 Å². The van der Waals surface area contributed by atoms with E-state index in [0.29, 0.717) is 0 Å². The van der Waals surface area contributed by atoms with E-state index in [0.717, 1.165) is 22.6 Å². The molecule has 5 heteroatoms. The Bertz CT molecular complexity index is 489. The predicted molar refractivity (Wildman–Crippen MR) is 71.5 cm³/mol. The molecule has 1 heterocycles. The summed E-state index contributed by atoms with van der Waals surface area (Å²) in [6.45, 7) is 6.07. The van der Waals surface area contributed by atoms with Gasteiger partial charge in [-0.3, -0.25) is 0 Å². The third kappa shape index (κ3) is 3.69. The molecule has 0 fully saturated rings. The third-order valence-electron chi connectivity index (χ3n) is 2.44. The van der Waals surface area contributed by atoms with Gasteiger partial charge >= 0.3 is 6.09 Å². The highest BCUT2D eigenvalue weighted by atomic mass is 16.5. The molecule has 0 atom stereocenters. The van der Waals surface area contributed by atoms with Crippen molar-refractivity contribution in [3.63, 3.8) is 0 Å². The number of nitrogen functional groups attached to an aromatic ring is 1. The molecule has 5 nitrogen and oxygen atoms in total. The number of primary amides is 1. The predicted octanol–water partition coefficient (Wildman–Crippen LogP) is 2.38. The van der Waals surface area contributed by atoms with Gasteiger partial charge in [-0.1, -0.05) is 6.08 Å². The van der Waals surface area contributed by atoms with E-state index in [1.807, 2.05) is 39.0 Å². The molecular formula is C13H18N2O3. The van der Waals surface area contributed by atoms with Crippen LogP contribution in [0.2, 0.25) is 0 Å². The van der Waals surface area contributed by atoms with E-state index in [1.54, 1.807) is 0 Å². The molecule has 98 valence electrons. The topological polar surface area (TPSA) is 98.6 Å². The van der Waals surface area contributed by atoms with Crippen LogP contribution >= 0.6 is 0 Å². The molecule has 0 aromatic heterocycles. The molecule has 0 spiro atoms. The molecular weight excluding hydrogens is 232 g/mol. The Hall–Kier alpha value is -2.17. The van der Waals surface area contributed by atoms with Gasteiger partial charge in [0.15, 0.2) is 0 Å². The molecule has 0 unspecified atom stereocenters. The van der Waals surface area contributed by atoms with Crippen molar-refractivity contribution >= 4 is 17.9 Å². The number of benzene rings is 1. The molecule has 1 aromatic carbocycles. The van der Waals surface area contributed by atoms with E-state index >= 15 is 0 Å². The summed E-state index contributed by atoms with van der Waals surface area (Å²) in [7, 11) is 0. The lowest BCUT2D eigenvalue weighted by Gasteiger charge is -2.28. The number of hydrogen-bond acceptors (Lipinski definition) is 3. The number of anilines is 1. The van der Waals surface area contributed by atoms with Crippen molar-refractivity contribution < 1.29 is 14.6 Å². The minimum absolute atomic E-state index is 0.213. The number of amides is 1. The fourth-order valence-corrected chi connectivity index (χ4v) is 1.54. The number of fused-ring (bicyclic) bond motifs is 1. The van der Waals surface area contributed by atoms with Crippen LogP contribution in [0.3, 0.4) is 0 Å². The number of carbonyl (C=O) groups is 1. The average molecular weight is 250 g/mol. The van der Waals surface area contributed by atoms with Crippen molar-refractivity contribution in [1.29, 1.82) is 0 Å². The second kappa shape index (κ2) is 5.00. The van der Waals surface area contributed by atoms with Gasteiger partial charge in [0.2, 0.25) is 0 Å². The Morgan fingerprint density at radius 3 is 2.50 bits per heavy atom. The molecule has 5 N–H and O–H groups in total. The van der Waals surface area contributed by atoms with Crippen LogP contribution in [-0.4, -0.2) is 16.8 Å². The molecule has 18 heavy (non-hydrogen) atoms. The van der Waals surface area contributed by atoms with Gasteiger partial charge in [0.25, 0.3) is 0 Å². The van der Waals surface area contributed by atoms with Gasteiger partial charge in [0.1, 0.15) is 11.4 Å². The van der Waals surface area contributed by atoms with Crippen LogP contribution in [0.1, 0.15) is 25.0 Å². The van der Waals surface area contributed by atoms with Crippen LogP contribution < -0.4 is 16.2 Å². The van der Waals surface area contributed by atoms with Gasteiger partial charge in [0.05, 0.1) is 0 Å². The molecule has 0 radical (unpaired) electrons. The van der Waals surface area contributed by atoms with Crippen molar-refractivity contribution in [2.24, 2.45) is 5.73 Å². The van der Waals surface area contributed by atoms with Crippen LogP contribution in [0, 0.1) is 6.92 Å². The Morgan fingerprint density at radius 1 is 1.39 bits per heavy atom. The molecule has 0 saturated heterocycles. The second-order valence-corrected chi connectivity index (χ2v) is 4.62. The Balaban J connectivity index is 0.000000357. The number of ether oxygens (including phenoxy) is 1. The number of carboxylic acid groups (broad SMARTS) is 1. The van der Waals surface area contributed by atoms with Crippen molar-refractivity contribution in [2.45, 2.75) is 26.4 Å².